The van der Waals surface area contributed by atoms with E-state index in [1.54, 1.807) is 12.1 Å². The maximum atomic E-state index is 11.2. The first-order chi connectivity index (χ1) is 8.56. The average molecular weight is 268 g/mol. The number of hydrogen-bond donors (Lipinski definition) is 2. The van der Waals surface area contributed by atoms with Gasteiger partial charge >= 0.3 is 5.97 Å². The van der Waals surface area contributed by atoms with Crippen LogP contribution in [0.25, 0.3) is 0 Å². The smallest absolute Gasteiger partial charge is 0.337 e. The molecule has 4 heteroatoms. The molecular weight excluding hydrogens is 250 g/mol. The highest BCUT2D eigenvalue weighted by Gasteiger charge is 2.20. The van der Waals surface area contributed by atoms with Crippen LogP contribution in [0.4, 0.5) is 5.69 Å². The van der Waals surface area contributed by atoms with Crippen molar-refractivity contribution in [1.29, 1.82) is 0 Å². The number of anilines is 1. The highest BCUT2D eigenvalue weighted by Crippen LogP contribution is 2.28. The van der Waals surface area contributed by atoms with Crippen molar-refractivity contribution in [2.45, 2.75) is 38.6 Å². The Hall–Kier alpha value is -1.22. The van der Waals surface area contributed by atoms with E-state index in [4.69, 9.17) is 16.7 Å². The molecule has 0 radical (unpaired) electrons. The Kier molecular flexibility index (Phi) is 4.12. The van der Waals surface area contributed by atoms with Gasteiger partial charge in [0.25, 0.3) is 0 Å². The Labute approximate surface area is 112 Å². The van der Waals surface area contributed by atoms with Gasteiger partial charge in [0.05, 0.1) is 5.56 Å². The van der Waals surface area contributed by atoms with Gasteiger partial charge in [0, 0.05) is 16.8 Å². The van der Waals surface area contributed by atoms with Crippen molar-refractivity contribution in [3.05, 3.63) is 28.8 Å². The second kappa shape index (κ2) is 5.61. The molecule has 3 nitrogen and oxygen atoms in total. The van der Waals surface area contributed by atoms with Gasteiger partial charge in [-0.25, -0.2) is 4.79 Å². The van der Waals surface area contributed by atoms with E-state index < -0.39 is 5.97 Å². The van der Waals surface area contributed by atoms with E-state index in [1.807, 2.05) is 0 Å². The highest BCUT2D eigenvalue weighted by molar-refractivity contribution is 6.31. The molecule has 0 heterocycles. The molecule has 0 aromatic heterocycles. The van der Waals surface area contributed by atoms with Crippen molar-refractivity contribution in [3.8, 4) is 0 Å². The van der Waals surface area contributed by atoms with Gasteiger partial charge in [0.1, 0.15) is 0 Å². The number of hydrogen-bond acceptors (Lipinski definition) is 2. The highest BCUT2D eigenvalue weighted by atomic mass is 35.5. The Balaban J connectivity index is 2.11. The molecule has 1 aromatic rings. The Morgan fingerprint density at radius 1 is 1.33 bits per heavy atom. The first kappa shape index (κ1) is 13.2. The lowest BCUT2D eigenvalue weighted by Gasteiger charge is -2.28. The third-order valence-electron chi connectivity index (χ3n) is 3.59. The molecule has 0 amide bonds. The lowest BCUT2D eigenvalue weighted by Crippen LogP contribution is -2.26. The van der Waals surface area contributed by atoms with Gasteiger partial charge in [0.2, 0.25) is 0 Å². The summed E-state index contributed by atoms with van der Waals surface area (Å²) in [6, 6.07) is 5.35. The lowest BCUT2D eigenvalue weighted by molar-refractivity contribution is 0.0698. The van der Waals surface area contributed by atoms with E-state index in [0.717, 1.165) is 18.8 Å². The summed E-state index contributed by atoms with van der Waals surface area (Å²) >= 11 is 5.83. The van der Waals surface area contributed by atoms with E-state index in [2.05, 4.69) is 12.2 Å². The van der Waals surface area contributed by atoms with Crippen molar-refractivity contribution in [2.75, 3.05) is 5.32 Å². The molecule has 0 saturated heterocycles. The molecule has 1 aliphatic rings. The van der Waals surface area contributed by atoms with E-state index in [0.29, 0.717) is 16.8 Å². The summed E-state index contributed by atoms with van der Waals surface area (Å²) in [4.78, 5) is 11.2. The third kappa shape index (κ3) is 3.16. The van der Waals surface area contributed by atoms with Crippen LogP contribution in [0.3, 0.4) is 0 Å². The molecule has 1 saturated carbocycles. The number of carbonyl (C=O) groups is 1. The summed E-state index contributed by atoms with van der Waals surface area (Å²) in [5.74, 6) is -0.156. The number of benzene rings is 1. The van der Waals surface area contributed by atoms with Crippen LogP contribution in [0.2, 0.25) is 5.02 Å². The van der Waals surface area contributed by atoms with Crippen LogP contribution in [0.15, 0.2) is 18.2 Å². The second-order valence-corrected chi connectivity index (χ2v) is 5.53. The minimum Gasteiger partial charge on any atom is -0.478 e. The van der Waals surface area contributed by atoms with Gasteiger partial charge < -0.3 is 10.4 Å². The van der Waals surface area contributed by atoms with Gasteiger partial charge in [-0.2, -0.15) is 0 Å². The van der Waals surface area contributed by atoms with Crippen LogP contribution in [0, 0.1) is 5.92 Å². The maximum Gasteiger partial charge on any atom is 0.337 e. The molecule has 0 spiro atoms. The molecular formula is C14H18ClNO2. The van der Waals surface area contributed by atoms with Crippen LogP contribution < -0.4 is 5.32 Å². The Morgan fingerprint density at radius 3 is 2.61 bits per heavy atom. The fraction of sp³-hybridized carbons (Fsp3) is 0.500. The normalized spacial score (nSPS) is 23.7. The molecule has 18 heavy (non-hydrogen) atoms. The monoisotopic (exact) mass is 267 g/mol. The van der Waals surface area contributed by atoms with Gasteiger partial charge in [-0.3, -0.25) is 0 Å². The SMILES string of the molecule is CC1CCC(Nc2ccc(Cl)cc2C(=O)O)CC1. The number of aromatic carboxylic acids is 1. The molecule has 1 aliphatic carbocycles. The predicted octanol–water partition coefficient (Wildman–Crippen LogP) is 4.03. The number of halogens is 1. The molecule has 2 N–H and O–H groups in total. The number of carboxylic acid groups (broad SMARTS) is 1. The Morgan fingerprint density at radius 2 is 2.00 bits per heavy atom. The zero-order valence-electron chi connectivity index (χ0n) is 10.4. The predicted molar refractivity (Wildman–Crippen MR) is 73.5 cm³/mol. The lowest BCUT2D eigenvalue weighted by atomic mass is 9.87. The summed E-state index contributed by atoms with van der Waals surface area (Å²) in [6.45, 7) is 2.27. The van der Waals surface area contributed by atoms with E-state index in [-0.39, 0.29) is 5.56 Å². The van der Waals surface area contributed by atoms with Gasteiger partial charge in [-0.1, -0.05) is 18.5 Å². The van der Waals surface area contributed by atoms with E-state index in [9.17, 15) is 4.79 Å². The zero-order valence-corrected chi connectivity index (χ0v) is 11.2. The van der Waals surface area contributed by atoms with Gasteiger partial charge in [-0.05, 0) is 49.8 Å². The number of carboxylic acids is 1. The molecule has 0 atom stereocenters. The molecule has 1 fully saturated rings. The topological polar surface area (TPSA) is 49.3 Å². The first-order valence-electron chi connectivity index (χ1n) is 6.35. The van der Waals surface area contributed by atoms with Crippen molar-refractivity contribution in [2.24, 2.45) is 5.92 Å². The summed E-state index contributed by atoms with van der Waals surface area (Å²) in [5, 5.41) is 13.0. The van der Waals surface area contributed by atoms with Crippen molar-refractivity contribution in [3.63, 3.8) is 0 Å². The van der Waals surface area contributed by atoms with E-state index >= 15 is 0 Å². The minimum atomic E-state index is -0.941. The maximum absolute atomic E-state index is 11.2. The largest absolute Gasteiger partial charge is 0.478 e. The molecule has 2 rings (SSSR count). The van der Waals surface area contributed by atoms with Crippen LogP contribution in [0.1, 0.15) is 43.0 Å². The molecule has 0 bridgehead atoms. The Bertz CT molecular complexity index is 439. The third-order valence-corrected chi connectivity index (χ3v) is 3.82. The van der Waals surface area contributed by atoms with Crippen LogP contribution in [-0.2, 0) is 0 Å². The number of nitrogens with one attached hydrogen (secondary N) is 1. The second-order valence-electron chi connectivity index (χ2n) is 5.10. The van der Waals surface area contributed by atoms with Gasteiger partial charge in [-0.15, -0.1) is 0 Å². The fourth-order valence-electron chi connectivity index (χ4n) is 2.44. The van der Waals surface area contributed by atoms with E-state index in [1.165, 1.54) is 18.9 Å². The van der Waals surface area contributed by atoms with Crippen LogP contribution in [0.5, 0.6) is 0 Å². The average Bonchev–Trinajstić information content (AvgIpc) is 2.34. The summed E-state index contributed by atoms with van der Waals surface area (Å²) < 4.78 is 0. The summed E-state index contributed by atoms with van der Waals surface area (Å²) in [7, 11) is 0. The van der Waals surface area contributed by atoms with Crippen molar-refractivity contribution >= 4 is 23.3 Å². The standard InChI is InChI=1S/C14H18ClNO2/c1-9-2-5-11(6-3-9)16-13-7-4-10(15)8-12(13)14(17)18/h4,7-9,11,16H,2-3,5-6H2,1H3,(H,17,18). The fourth-order valence-corrected chi connectivity index (χ4v) is 2.62. The van der Waals surface area contributed by atoms with Crippen molar-refractivity contribution in [1.82, 2.24) is 0 Å². The molecule has 1 aromatic carbocycles. The first-order valence-corrected chi connectivity index (χ1v) is 6.73. The molecule has 98 valence electrons. The molecule has 0 unspecified atom stereocenters. The summed E-state index contributed by atoms with van der Waals surface area (Å²) in [6.07, 6.45) is 4.60. The zero-order chi connectivity index (χ0) is 13.1. The van der Waals surface area contributed by atoms with Crippen LogP contribution in [-0.4, -0.2) is 17.1 Å². The summed E-state index contributed by atoms with van der Waals surface area (Å²) in [5.41, 5.74) is 0.924. The quantitative estimate of drug-likeness (QED) is 0.869. The molecule has 0 aliphatic heterocycles. The van der Waals surface area contributed by atoms with Gasteiger partial charge in [0.15, 0.2) is 0 Å². The van der Waals surface area contributed by atoms with Crippen LogP contribution >= 0.6 is 11.6 Å². The van der Waals surface area contributed by atoms with Crippen molar-refractivity contribution < 1.29 is 9.90 Å². The number of rotatable bonds is 3. The minimum absolute atomic E-state index is 0.251.